The quantitative estimate of drug-likeness (QED) is 0.914. The lowest BCUT2D eigenvalue weighted by Gasteiger charge is -2.11. The normalized spacial score (nSPS) is 16.6. The van der Waals surface area contributed by atoms with Crippen LogP contribution >= 0.6 is 11.6 Å². The average Bonchev–Trinajstić information content (AvgIpc) is 2.82. The van der Waals surface area contributed by atoms with Crippen molar-refractivity contribution in [1.82, 2.24) is 0 Å². The Balaban J connectivity index is 1.92. The predicted octanol–water partition coefficient (Wildman–Crippen LogP) is 3.85. The van der Waals surface area contributed by atoms with Gasteiger partial charge in [-0.2, -0.15) is 0 Å². The van der Waals surface area contributed by atoms with E-state index in [1.165, 1.54) is 12.1 Å². The fraction of sp³-hybridized carbons (Fsp3) is 0.133. The number of hydrogen-bond donors (Lipinski definition) is 1. The summed E-state index contributed by atoms with van der Waals surface area (Å²) in [4.78, 5) is 11.0. The van der Waals surface area contributed by atoms with Crippen molar-refractivity contribution >= 4 is 17.6 Å². The molecule has 0 radical (unpaired) electrons. The number of fused-ring (bicyclic) bond motifs is 1. The molecular formula is C15H10ClFO3. The first-order valence-electron chi connectivity index (χ1n) is 6.02. The second kappa shape index (κ2) is 4.80. The molecule has 0 spiro atoms. The zero-order chi connectivity index (χ0) is 14.3. The van der Waals surface area contributed by atoms with Gasteiger partial charge < -0.3 is 9.84 Å². The summed E-state index contributed by atoms with van der Waals surface area (Å²) in [5.41, 5.74) is 1.77. The average molecular weight is 293 g/mol. The van der Waals surface area contributed by atoms with Crippen molar-refractivity contribution in [2.75, 3.05) is 0 Å². The van der Waals surface area contributed by atoms with Gasteiger partial charge in [-0.25, -0.2) is 9.18 Å². The molecule has 0 saturated carbocycles. The Kier molecular flexibility index (Phi) is 3.10. The highest BCUT2D eigenvalue weighted by Crippen LogP contribution is 2.39. The van der Waals surface area contributed by atoms with Crippen LogP contribution in [-0.2, 0) is 6.42 Å². The molecule has 1 unspecified atom stereocenters. The molecule has 0 aliphatic carbocycles. The van der Waals surface area contributed by atoms with Crippen LogP contribution < -0.4 is 4.74 Å². The van der Waals surface area contributed by atoms with Gasteiger partial charge in [-0.05, 0) is 29.3 Å². The van der Waals surface area contributed by atoms with E-state index in [0.29, 0.717) is 12.2 Å². The lowest BCUT2D eigenvalue weighted by molar-refractivity contribution is 0.0696. The monoisotopic (exact) mass is 292 g/mol. The van der Waals surface area contributed by atoms with Crippen molar-refractivity contribution in [1.29, 1.82) is 0 Å². The summed E-state index contributed by atoms with van der Waals surface area (Å²) in [5, 5.41) is 9.05. The number of aromatic carboxylic acids is 1. The molecule has 0 saturated heterocycles. The number of benzene rings is 2. The van der Waals surface area contributed by atoms with Crippen molar-refractivity contribution in [2.45, 2.75) is 12.5 Å². The van der Waals surface area contributed by atoms with Crippen molar-refractivity contribution in [3.63, 3.8) is 0 Å². The Morgan fingerprint density at radius 1 is 1.35 bits per heavy atom. The van der Waals surface area contributed by atoms with Gasteiger partial charge in [0.15, 0.2) is 0 Å². The van der Waals surface area contributed by atoms with Crippen LogP contribution in [0.25, 0.3) is 0 Å². The zero-order valence-electron chi connectivity index (χ0n) is 10.3. The third-order valence-corrected chi connectivity index (χ3v) is 3.57. The highest BCUT2D eigenvalue weighted by Gasteiger charge is 2.26. The van der Waals surface area contributed by atoms with Crippen molar-refractivity contribution < 1.29 is 19.0 Å². The predicted molar refractivity (Wildman–Crippen MR) is 71.9 cm³/mol. The van der Waals surface area contributed by atoms with E-state index >= 15 is 0 Å². The van der Waals surface area contributed by atoms with Crippen LogP contribution in [0.3, 0.4) is 0 Å². The van der Waals surface area contributed by atoms with Crippen LogP contribution in [0.15, 0.2) is 36.4 Å². The van der Waals surface area contributed by atoms with Gasteiger partial charge in [0.1, 0.15) is 17.7 Å². The third kappa shape index (κ3) is 2.23. The minimum absolute atomic E-state index is 0.0623. The molecule has 0 amide bonds. The molecule has 5 heteroatoms. The molecule has 0 bridgehead atoms. The van der Waals surface area contributed by atoms with Gasteiger partial charge in [0.2, 0.25) is 0 Å². The molecule has 102 valence electrons. The topological polar surface area (TPSA) is 46.5 Å². The van der Waals surface area contributed by atoms with Crippen LogP contribution in [0.2, 0.25) is 5.02 Å². The van der Waals surface area contributed by atoms with E-state index in [0.717, 1.165) is 11.1 Å². The van der Waals surface area contributed by atoms with E-state index in [9.17, 15) is 9.18 Å². The summed E-state index contributed by atoms with van der Waals surface area (Å²) in [5.74, 6) is -1.06. The second-order valence-electron chi connectivity index (χ2n) is 4.62. The minimum Gasteiger partial charge on any atom is -0.485 e. The highest BCUT2D eigenvalue weighted by atomic mass is 35.5. The number of hydrogen-bond acceptors (Lipinski definition) is 2. The van der Waals surface area contributed by atoms with Gasteiger partial charge in [0, 0.05) is 12.5 Å². The number of carboxylic acids is 1. The van der Waals surface area contributed by atoms with Crippen molar-refractivity contribution in [2.24, 2.45) is 0 Å². The largest absolute Gasteiger partial charge is 0.485 e. The van der Waals surface area contributed by atoms with Crippen LogP contribution in [0.5, 0.6) is 5.75 Å². The Morgan fingerprint density at radius 3 is 2.90 bits per heavy atom. The van der Waals surface area contributed by atoms with Crippen LogP contribution in [-0.4, -0.2) is 11.1 Å². The maximum Gasteiger partial charge on any atom is 0.335 e. The minimum atomic E-state index is -0.989. The molecule has 20 heavy (non-hydrogen) atoms. The Bertz CT molecular complexity index is 669. The third-order valence-electron chi connectivity index (χ3n) is 3.28. The Hall–Kier alpha value is -2.07. The lowest BCUT2D eigenvalue weighted by atomic mass is 10.0. The molecule has 2 aromatic carbocycles. The molecule has 0 aromatic heterocycles. The maximum absolute atomic E-state index is 13.4. The summed E-state index contributed by atoms with van der Waals surface area (Å²) in [6.07, 6.45) is 0.223. The number of rotatable bonds is 2. The first kappa shape index (κ1) is 12.9. The van der Waals surface area contributed by atoms with E-state index in [-0.39, 0.29) is 16.7 Å². The molecule has 1 aliphatic heterocycles. The summed E-state index contributed by atoms with van der Waals surface area (Å²) in [6, 6.07) is 9.35. The van der Waals surface area contributed by atoms with Crippen LogP contribution in [0.4, 0.5) is 4.39 Å². The SMILES string of the molecule is O=C(O)c1cccc(C2Cc3cc(Cl)c(F)cc3O2)c1. The molecule has 0 fully saturated rings. The smallest absolute Gasteiger partial charge is 0.335 e. The van der Waals surface area contributed by atoms with Crippen LogP contribution in [0.1, 0.15) is 27.6 Å². The first-order valence-corrected chi connectivity index (χ1v) is 6.40. The molecule has 3 nitrogen and oxygen atoms in total. The van der Waals surface area contributed by atoms with Crippen molar-refractivity contribution in [3.05, 3.63) is 63.9 Å². The molecule has 1 N–H and O–H groups in total. The molecular weight excluding hydrogens is 283 g/mol. The molecule has 1 atom stereocenters. The van der Waals surface area contributed by atoms with Gasteiger partial charge in [-0.1, -0.05) is 23.7 Å². The van der Waals surface area contributed by atoms with Crippen LogP contribution in [0, 0.1) is 5.82 Å². The summed E-state index contributed by atoms with van der Waals surface area (Å²) >= 11 is 5.74. The highest BCUT2D eigenvalue weighted by molar-refractivity contribution is 6.30. The number of ether oxygens (including phenoxy) is 1. The molecule has 1 aliphatic rings. The van der Waals surface area contributed by atoms with Gasteiger partial charge in [0.25, 0.3) is 0 Å². The fourth-order valence-corrected chi connectivity index (χ4v) is 2.48. The molecule has 1 heterocycles. The molecule has 2 aromatic rings. The van der Waals surface area contributed by atoms with E-state index < -0.39 is 11.8 Å². The van der Waals surface area contributed by atoms with Crippen molar-refractivity contribution in [3.8, 4) is 5.75 Å². The maximum atomic E-state index is 13.4. The van der Waals surface area contributed by atoms with E-state index in [1.54, 1.807) is 24.3 Å². The van der Waals surface area contributed by atoms with Gasteiger partial charge >= 0.3 is 5.97 Å². The number of halogens is 2. The van der Waals surface area contributed by atoms with Gasteiger partial charge in [-0.15, -0.1) is 0 Å². The second-order valence-corrected chi connectivity index (χ2v) is 5.02. The van der Waals surface area contributed by atoms with Gasteiger partial charge in [0.05, 0.1) is 10.6 Å². The number of carbonyl (C=O) groups is 1. The lowest BCUT2D eigenvalue weighted by Crippen LogP contribution is -2.05. The summed E-state index contributed by atoms with van der Waals surface area (Å²) in [7, 11) is 0. The van der Waals surface area contributed by atoms with E-state index in [4.69, 9.17) is 21.4 Å². The Morgan fingerprint density at radius 2 is 2.15 bits per heavy atom. The van der Waals surface area contributed by atoms with Gasteiger partial charge in [-0.3, -0.25) is 0 Å². The summed E-state index contributed by atoms with van der Waals surface area (Å²) < 4.78 is 19.1. The number of carboxylic acid groups (broad SMARTS) is 1. The van der Waals surface area contributed by atoms with E-state index in [1.807, 2.05) is 0 Å². The summed E-state index contributed by atoms with van der Waals surface area (Å²) in [6.45, 7) is 0. The zero-order valence-corrected chi connectivity index (χ0v) is 11.0. The first-order chi connectivity index (χ1) is 9.54. The standard InChI is InChI=1S/C15H10ClFO3/c16-11-5-10-6-13(20-14(10)7-12(11)17)8-2-1-3-9(4-8)15(18)19/h1-5,7,13H,6H2,(H,18,19). The molecule has 3 rings (SSSR count). The fourth-order valence-electron chi connectivity index (χ4n) is 2.29. The van der Waals surface area contributed by atoms with E-state index in [2.05, 4.69) is 0 Å². The Labute approximate surface area is 119 Å².